The van der Waals surface area contributed by atoms with Crippen LogP contribution in [0, 0.1) is 0 Å². The summed E-state index contributed by atoms with van der Waals surface area (Å²) in [4.78, 5) is 13.6. The third kappa shape index (κ3) is 6.24. The second kappa shape index (κ2) is 6.09. The highest BCUT2D eigenvalue weighted by Crippen LogP contribution is 2.22. The first-order chi connectivity index (χ1) is 8.58. The second-order valence-corrected chi connectivity index (χ2v) is 5.52. The number of likely N-dealkylation sites (tertiary alicyclic amines) is 1. The van der Waals surface area contributed by atoms with E-state index in [1.54, 1.807) is 25.7 Å². The number of nitrogens with zero attached hydrogens (tertiary/aromatic N) is 1. The van der Waals surface area contributed by atoms with Crippen molar-refractivity contribution >= 4 is 5.97 Å². The Morgan fingerprint density at radius 3 is 2.47 bits per heavy atom. The van der Waals surface area contributed by atoms with Crippen molar-refractivity contribution in [3.8, 4) is 0 Å². The molecular weight excluding hydrogens is 263 g/mol. The van der Waals surface area contributed by atoms with Gasteiger partial charge in [-0.2, -0.15) is 0 Å². The number of ether oxygens (including phenoxy) is 2. The molecule has 0 aromatic carbocycles. The molecule has 0 N–H and O–H groups in total. The minimum Gasteiger partial charge on any atom is -0.459 e. The summed E-state index contributed by atoms with van der Waals surface area (Å²) >= 11 is 0. The van der Waals surface area contributed by atoms with Gasteiger partial charge in [-0.15, -0.1) is 13.2 Å². The predicted octanol–water partition coefficient (Wildman–Crippen LogP) is 2.33. The molecule has 1 atom stereocenters. The number of rotatable bonds is 4. The van der Waals surface area contributed by atoms with E-state index in [-0.39, 0.29) is 12.5 Å². The molecule has 4 nitrogen and oxygen atoms in total. The zero-order chi connectivity index (χ0) is 14.7. The van der Waals surface area contributed by atoms with Crippen LogP contribution < -0.4 is 0 Å². The van der Waals surface area contributed by atoms with E-state index < -0.39 is 24.6 Å². The largest absolute Gasteiger partial charge is 0.522 e. The quantitative estimate of drug-likeness (QED) is 0.742. The molecule has 1 aliphatic rings. The molecule has 0 amide bonds. The minimum atomic E-state index is -4.62. The summed E-state index contributed by atoms with van der Waals surface area (Å²) in [6.07, 6.45) is -3.24. The highest BCUT2D eigenvalue weighted by molar-refractivity contribution is 5.76. The van der Waals surface area contributed by atoms with Crippen molar-refractivity contribution in [2.24, 2.45) is 0 Å². The average Bonchev–Trinajstić information content (AvgIpc) is 2.61. The number of halogens is 3. The van der Waals surface area contributed by atoms with Crippen molar-refractivity contribution in [3.63, 3.8) is 0 Å². The molecule has 0 radical (unpaired) electrons. The Bertz CT molecular complexity index is 312. The van der Waals surface area contributed by atoms with Crippen LogP contribution in [0.1, 0.15) is 33.6 Å². The van der Waals surface area contributed by atoms with Crippen LogP contribution in [0.5, 0.6) is 0 Å². The van der Waals surface area contributed by atoms with E-state index in [0.717, 1.165) is 6.42 Å². The summed E-state index contributed by atoms with van der Waals surface area (Å²) < 4.78 is 44.6. The molecule has 0 bridgehead atoms. The summed E-state index contributed by atoms with van der Waals surface area (Å²) in [7, 11) is 0. The number of alkyl halides is 3. The second-order valence-electron chi connectivity index (χ2n) is 5.52. The number of carbonyl (C=O) groups excluding carboxylic acids is 1. The van der Waals surface area contributed by atoms with Crippen LogP contribution in [0.4, 0.5) is 13.2 Å². The third-order valence-electron chi connectivity index (χ3n) is 2.69. The van der Waals surface area contributed by atoms with Gasteiger partial charge in [-0.3, -0.25) is 14.4 Å². The van der Waals surface area contributed by atoms with Crippen molar-refractivity contribution in [2.75, 3.05) is 19.7 Å². The van der Waals surface area contributed by atoms with Crippen LogP contribution in [-0.4, -0.2) is 48.6 Å². The lowest BCUT2D eigenvalue weighted by molar-refractivity contribution is -0.325. The molecule has 7 heteroatoms. The molecule has 1 heterocycles. The van der Waals surface area contributed by atoms with E-state index >= 15 is 0 Å². The van der Waals surface area contributed by atoms with E-state index in [1.807, 2.05) is 0 Å². The van der Waals surface area contributed by atoms with E-state index in [2.05, 4.69) is 4.74 Å². The number of hydrogen-bond donors (Lipinski definition) is 0. The van der Waals surface area contributed by atoms with Gasteiger partial charge in [0.25, 0.3) is 0 Å². The smallest absolute Gasteiger partial charge is 0.459 e. The summed E-state index contributed by atoms with van der Waals surface area (Å²) in [6, 6.07) is -0.462. The van der Waals surface area contributed by atoms with Gasteiger partial charge in [-0.05, 0) is 40.2 Å². The number of esters is 1. The molecular formula is C12H20F3NO3. The van der Waals surface area contributed by atoms with Gasteiger partial charge in [0.2, 0.25) is 0 Å². The van der Waals surface area contributed by atoms with Gasteiger partial charge in [0.15, 0.2) is 0 Å². The van der Waals surface area contributed by atoms with Gasteiger partial charge in [-0.25, -0.2) is 0 Å². The Kier molecular flexibility index (Phi) is 5.20. The maximum atomic E-state index is 11.9. The van der Waals surface area contributed by atoms with Gasteiger partial charge in [0.1, 0.15) is 11.6 Å². The standard InChI is InChI=1S/C12H20F3NO3/c1-11(2,3)19-10(17)9-5-4-6-16(9)7-8-18-12(13,14)15/h9H,4-8H2,1-3H3/t9-/m1/s1. The van der Waals surface area contributed by atoms with Crippen LogP contribution in [0.2, 0.25) is 0 Å². The van der Waals surface area contributed by atoms with Crippen LogP contribution in [0.15, 0.2) is 0 Å². The maximum Gasteiger partial charge on any atom is 0.522 e. The third-order valence-corrected chi connectivity index (χ3v) is 2.69. The zero-order valence-electron chi connectivity index (χ0n) is 11.4. The Labute approximate surface area is 110 Å². The fourth-order valence-corrected chi connectivity index (χ4v) is 2.01. The fourth-order valence-electron chi connectivity index (χ4n) is 2.01. The van der Waals surface area contributed by atoms with Gasteiger partial charge >= 0.3 is 12.3 Å². The van der Waals surface area contributed by atoms with Crippen LogP contribution in [-0.2, 0) is 14.3 Å². The van der Waals surface area contributed by atoms with Crippen LogP contribution in [0.3, 0.4) is 0 Å². The van der Waals surface area contributed by atoms with E-state index in [1.165, 1.54) is 0 Å². The monoisotopic (exact) mass is 283 g/mol. The van der Waals surface area contributed by atoms with Crippen molar-refractivity contribution in [1.82, 2.24) is 4.90 Å². The molecule has 0 spiro atoms. The normalized spacial score (nSPS) is 21.7. The molecule has 0 aromatic rings. The van der Waals surface area contributed by atoms with Crippen LogP contribution >= 0.6 is 0 Å². The predicted molar refractivity (Wildman–Crippen MR) is 62.4 cm³/mol. The first-order valence-corrected chi connectivity index (χ1v) is 6.26. The molecule has 1 fully saturated rings. The van der Waals surface area contributed by atoms with Crippen molar-refractivity contribution in [2.45, 2.75) is 51.6 Å². The van der Waals surface area contributed by atoms with Crippen LogP contribution in [0.25, 0.3) is 0 Å². The summed E-state index contributed by atoms with van der Waals surface area (Å²) in [6.45, 7) is 5.47. The average molecular weight is 283 g/mol. The molecule has 1 saturated heterocycles. The molecule has 0 saturated carbocycles. The Morgan fingerprint density at radius 1 is 1.32 bits per heavy atom. The highest BCUT2D eigenvalue weighted by Gasteiger charge is 2.35. The highest BCUT2D eigenvalue weighted by atomic mass is 19.4. The van der Waals surface area contributed by atoms with Crippen molar-refractivity contribution in [1.29, 1.82) is 0 Å². The molecule has 1 rings (SSSR count). The summed E-state index contributed by atoms with van der Waals surface area (Å²) in [5, 5.41) is 0. The molecule has 0 aliphatic carbocycles. The first-order valence-electron chi connectivity index (χ1n) is 6.26. The Hall–Kier alpha value is -0.820. The maximum absolute atomic E-state index is 11.9. The Morgan fingerprint density at radius 2 is 1.95 bits per heavy atom. The van der Waals surface area contributed by atoms with E-state index in [9.17, 15) is 18.0 Å². The SMILES string of the molecule is CC(C)(C)OC(=O)[C@H]1CCCN1CCOC(F)(F)F. The molecule has 112 valence electrons. The van der Waals surface area contributed by atoms with Gasteiger partial charge < -0.3 is 4.74 Å². The zero-order valence-corrected chi connectivity index (χ0v) is 11.4. The molecule has 0 aromatic heterocycles. The number of carbonyl (C=O) groups is 1. The van der Waals surface area contributed by atoms with Gasteiger partial charge in [-0.1, -0.05) is 0 Å². The van der Waals surface area contributed by atoms with Gasteiger partial charge in [0, 0.05) is 6.54 Å². The lowest BCUT2D eigenvalue weighted by Gasteiger charge is -2.27. The van der Waals surface area contributed by atoms with Crippen molar-refractivity contribution in [3.05, 3.63) is 0 Å². The summed E-state index contributed by atoms with van der Waals surface area (Å²) in [5.41, 5.74) is -0.589. The molecule has 1 aliphatic heterocycles. The first kappa shape index (κ1) is 16.2. The lowest BCUT2D eigenvalue weighted by Crippen LogP contribution is -2.42. The van der Waals surface area contributed by atoms with E-state index in [0.29, 0.717) is 13.0 Å². The van der Waals surface area contributed by atoms with E-state index in [4.69, 9.17) is 4.74 Å². The number of hydrogen-bond acceptors (Lipinski definition) is 4. The minimum absolute atomic E-state index is 0.0728. The fraction of sp³-hybridized carbons (Fsp3) is 0.917. The van der Waals surface area contributed by atoms with Gasteiger partial charge in [0.05, 0.1) is 6.61 Å². The summed E-state index contributed by atoms with van der Waals surface area (Å²) in [5.74, 6) is -0.378. The Balaban J connectivity index is 2.43. The lowest BCUT2D eigenvalue weighted by atomic mass is 10.1. The van der Waals surface area contributed by atoms with Crippen molar-refractivity contribution < 1.29 is 27.4 Å². The molecule has 19 heavy (non-hydrogen) atoms. The topological polar surface area (TPSA) is 38.8 Å². The molecule has 0 unspecified atom stereocenters.